The summed E-state index contributed by atoms with van der Waals surface area (Å²) in [7, 11) is 1.57. The zero-order valence-electron chi connectivity index (χ0n) is 22.4. The number of hydrogen-bond acceptors (Lipinski definition) is 4. The zero-order valence-corrected chi connectivity index (χ0v) is 22.4. The molecular formula is C30H33F6N3O. The standard InChI is InChI=1S/C30H33F6N3O/c1-21(23-8-4-3-5-9-23)38-12-14-39(15-13-38)27(26-10-6-7-11-28(26)40-2)20-37-19-22-16-24(29(31,32)33)18-25(17-22)30(34,35)36/h3-11,16-18,21,27,37H,12-15,19-20H2,1-2H3. The number of rotatable bonds is 9. The van der Waals surface area contributed by atoms with Crippen molar-refractivity contribution in [3.05, 3.63) is 101 Å². The highest BCUT2D eigenvalue weighted by molar-refractivity contribution is 5.37. The largest absolute Gasteiger partial charge is 0.496 e. The van der Waals surface area contributed by atoms with Gasteiger partial charge in [0, 0.05) is 50.9 Å². The third-order valence-corrected chi connectivity index (χ3v) is 7.43. The van der Waals surface area contributed by atoms with Gasteiger partial charge in [0.2, 0.25) is 0 Å². The summed E-state index contributed by atoms with van der Waals surface area (Å²) in [6.45, 7) is 5.44. The lowest BCUT2D eigenvalue weighted by Crippen LogP contribution is -2.50. The molecule has 1 saturated heterocycles. The Morgan fingerprint density at radius 2 is 1.32 bits per heavy atom. The van der Waals surface area contributed by atoms with Crippen LogP contribution in [0, 0.1) is 0 Å². The average molecular weight is 566 g/mol. The van der Waals surface area contributed by atoms with E-state index in [1.807, 2.05) is 42.5 Å². The van der Waals surface area contributed by atoms with Crippen LogP contribution >= 0.6 is 0 Å². The first-order chi connectivity index (χ1) is 19.0. The first-order valence-corrected chi connectivity index (χ1v) is 13.1. The normalized spacial score (nSPS) is 17.0. The van der Waals surface area contributed by atoms with E-state index in [-0.39, 0.29) is 30.3 Å². The maximum atomic E-state index is 13.3. The van der Waals surface area contributed by atoms with E-state index in [4.69, 9.17) is 4.74 Å². The molecule has 0 aliphatic carbocycles. The lowest BCUT2D eigenvalue weighted by atomic mass is 10.0. The summed E-state index contributed by atoms with van der Waals surface area (Å²) < 4.78 is 85.5. The SMILES string of the molecule is COc1ccccc1C(CNCc1cc(C(F)(F)F)cc(C(F)(F)F)c1)N1CCN(C(C)c2ccccc2)CC1. The Balaban J connectivity index is 1.50. The number of nitrogens with zero attached hydrogens (tertiary/aromatic N) is 2. The Hall–Kier alpha value is -3.08. The molecule has 1 aliphatic heterocycles. The number of para-hydroxylation sites is 1. The van der Waals surface area contributed by atoms with Crippen LogP contribution in [0.4, 0.5) is 26.3 Å². The van der Waals surface area contributed by atoms with Crippen LogP contribution in [0.1, 0.15) is 46.8 Å². The first-order valence-electron chi connectivity index (χ1n) is 13.1. The Labute approximate surface area is 230 Å². The number of ether oxygens (including phenoxy) is 1. The van der Waals surface area contributed by atoms with Crippen molar-refractivity contribution in [1.29, 1.82) is 0 Å². The molecule has 0 saturated carbocycles. The molecular weight excluding hydrogens is 532 g/mol. The molecule has 0 radical (unpaired) electrons. The fourth-order valence-electron chi connectivity index (χ4n) is 5.23. The van der Waals surface area contributed by atoms with Crippen LogP contribution in [0.15, 0.2) is 72.8 Å². The van der Waals surface area contributed by atoms with E-state index in [0.29, 0.717) is 12.3 Å². The van der Waals surface area contributed by atoms with E-state index in [0.717, 1.165) is 43.9 Å². The Bertz CT molecular complexity index is 1210. The minimum atomic E-state index is -4.88. The summed E-state index contributed by atoms with van der Waals surface area (Å²) in [6.07, 6.45) is -9.76. The van der Waals surface area contributed by atoms with Gasteiger partial charge in [0.05, 0.1) is 24.3 Å². The van der Waals surface area contributed by atoms with Crippen LogP contribution in [0.3, 0.4) is 0 Å². The van der Waals surface area contributed by atoms with Gasteiger partial charge in [-0.05, 0) is 42.3 Å². The maximum Gasteiger partial charge on any atom is 0.416 e. The van der Waals surface area contributed by atoms with Gasteiger partial charge in [-0.2, -0.15) is 26.3 Å². The third kappa shape index (κ3) is 7.35. The molecule has 0 aromatic heterocycles. The van der Waals surface area contributed by atoms with Gasteiger partial charge in [-0.3, -0.25) is 9.80 Å². The van der Waals surface area contributed by atoms with E-state index in [1.54, 1.807) is 7.11 Å². The summed E-state index contributed by atoms with van der Waals surface area (Å²) >= 11 is 0. The number of alkyl halides is 6. The highest BCUT2D eigenvalue weighted by Crippen LogP contribution is 2.37. The number of nitrogens with one attached hydrogen (secondary N) is 1. The van der Waals surface area contributed by atoms with Crippen LogP contribution in [-0.2, 0) is 18.9 Å². The average Bonchev–Trinajstić information content (AvgIpc) is 2.94. The molecule has 10 heteroatoms. The van der Waals surface area contributed by atoms with Gasteiger partial charge in [-0.25, -0.2) is 0 Å². The molecule has 40 heavy (non-hydrogen) atoms. The molecule has 3 aromatic rings. The number of halogens is 6. The Kier molecular flexibility index (Phi) is 9.43. The van der Waals surface area contributed by atoms with Gasteiger partial charge in [0.1, 0.15) is 5.75 Å². The lowest BCUT2D eigenvalue weighted by molar-refractivity contribution is -0.143. The van der Waals surface area contributed by atoms with Crippen LogP contribution in [0.5, 0.6) is 5.75 Å². The topological polar surface area (TPSA) is 27.7 Å². The smallest absolute Gasteiger partial charge is 0.416 e. The molecule has 1 aliphatic rings. The second kappa shape index (κ2) is 12.6. The molecule has 0 amide bonds. The monoisotopic (exact) mass is 565 g/mol. The summed E-state index contributed by atoms with van der Waals surface area (Å²) in [5.74, 6) is 0.674. The number of hydrogen-bond donors (Lipinski definition) is 1. The van der Waals surface area contributed by atoms with Crippen molar-refractivity contribution in [2.75, 3.05) is 39.8 Å². The summed E-state index contributed by atoms with van der Waals surface area (Å²) in [5.41, 5.74) is -0.573. The first kappa shape index (κ1) is 29.9. The van der Waals surface area contributed by atoms with E-state index >= 15 is 0 Å². The molecule has 216 valence electrons. The predicted molar refractivity (Wildman–Crippen MR) is 142 cm³/mol. The van der Waals surface area contributed by atoms with E-state index in [1.165, 1.54) is 5.56 Å². The van der Waals surface area contributed by atoms with E-state index in [2.05, 4.69) is 34.2 Å². The molecule has 4 nitrogen and oxygen atoms in total. The molecule has 0 spiro atoms. The van der Waals surface area contributed by atoms with Crippen molar-refractivity contribution < 1.29 is 31.1 Å². The summed E-state index contributed by atoms with van der Waals surface area (Å²) in [4.78, 5) is 4.69. The van der Waals surface area contributed by atoms with Crippen molar-refractivity contribution in [3.8, 4) is 5.75 Å². The Morgan fingerprint density at radius 1 is 0.775 bits per heavy atom. The molecule has 2 unspecified atom stereocenters. The van der Waals surface area contributed by atoms with Crippen LogP contribution in [0.2, 0.25) is 0 Å². The predicted octanol–water partition coefficient (Wildman–Crippen LogP) is 6.94. The molecule has 3 aromatic carbocycles. The number of benzene rings is 3. The Morgan fingerprint density at radius 3 is 1.90 bits per heavy atom. The van der Waals surface area contributed by atoms with Gasteiger partial charge in [-0.1, -0.05) is 48.5 Å². The van der Waals surface area contributed by atoms with Gasteiger partial charge < -0.3 is 10.1 Å². The van der Waals surface area contributed by atoms with Crippen LogP contribution < -0.4 is 10.1 Å². The van der Waals surface area contributed by atoms with Gasteiger partial charge >= 0.3 is 12.4 Å². The van der Waals surface area contributed by atoms with Crippen molar-refractivity contribution >= 4 is 0 Å². The highest BCUT2D eigenvalue weighted by Gasteiger charge is 2.37. The molecule has 1 heterocycles. The van der Waals surface area contributed by atoms with Crippen LogP contribution in [0.25, 0.3) is 0 Å². The molecule has 1 fully saturated rings. The van der Waals surface area contributed by atoms with Crippen molar-refractivity contribution in [3.63, 3.8) is 0 Å². The van der Waals surface area contributed by atoms with Crippen molar-refractivity contribution in [2.24, 2.45) is 0 Å². The summed E-state index contributed by atoms with van der Waals surface area (Å²) in [5, 5.41) is 3.12. The summed E-state index contributed by atoms with van der Waals surface area (Å²) in [6, 6.07) is 19.5. The van der Waals surface area contributed by atoms with Crippen LogP contribution in [-0.4, -0.2) is 49.6 Å². The van der Waals surface area contributed by atoms with E-state index in [9.17, 15) is 26.3 Å². The zero-order chi connectivity index (χ0) is 28.9. The van der Waals surface area contributed by atoms with Gasteiger partial charge in [-0.15, -0.1) is 0 Å². The molecule has 2 atom stereocenters. The number of piperazine rings is 1. The second-order valence-corrected chi connectivity index (χ2v) is 9.96. The third-order valence-electron chi connectivity index (χ3n) is 7.43. The quantitative estimate of drug-likeness (QED) is 0.285. The van der Waals surface area contributed by atoms with Crippen molar-refractivity contribution in [1.82, 2.24) is 15.1 Å². The second-order valence-electron chi connectivity index (χ2n) is 9.96. The van der Waals surface area contributed by atoms with Gasteiger partial charge in [0.15, 0.2) is 0 Å². The molecule has 0 bridgehead atoms. The van der Waals surface area contributed by atoms with E-state index < -0.39 is 23.5 Å². The fourth-order valence-corrected chi connectivity index (χ4v) is 5.23. The lowest BCUT2D eigenvalue weighted by Gasteiger charge is -2.42. The molecule has 4 rings (SSSR count). The number of methoxy groups -OCH3 is 1. The van der Waals surface area contributed by atoms with Gasteiger partial charge in [0.25, 0.3) is 0 Å². The highest BCUT2D eigenvalue weighted by atomic mass is 19.4. The molecule has 1 N–H and O–H groups in total. The maximum absolute atomic E-state index is 13.3. The minimum absolute atomic E-state index is 0.0811. The fraction of sp³-hybridized carbons (Fsp3) is 0.400. The van der Waals surface area contributed by atoms with Crippen molar-refractivity contribution in [2.45, 2.75) is 37.9 Å². The minimum Gasteiger partial charge on any atom is -0.496 e.